The lowest BCUT2D eigenvalue weighted by Crippen LogP contribution is -2.35. The zero-order valence-electron chi connectivity index (χ0n) is 43.1. The Morgan fingerprint density at radius 3 is 1.64 bits per heavy atom. The molecule has 0 N–H and O–H groups in total. The summed E-state index contributed by atoms with van der Waals surface area (Å²) in [4.78, 5) is 72.3. The first-order valence-electron chi connectivity index (χ1n) is 24.1. The van der Waals surface area contributed by atoms with E-state index in [9.17, 15) is 33.2 Å². The zero-order chi connectivity index (χ0) is 55.4. The van der Waals surface area contributed by atoms with Crippen molar-refractivity contribution in [2.24, 2.45) is 0 Å². The molecule has 396 valence electrons. The maximum absolute atomic E-state index is 14.8. The molecule has 15 nitrogen and oxygen atoms in total. The average molecular weight is 1070 g/mol. The summed E-state index contributed by atoms with van der Waals surface area (Å²) in [6.07, 6.45) is -0.800. The molecule has 9 rings (SSSR count). The fourth-order valence-electron chi connectivity index (χ4n) is 7.83. The van der Waals surface area contributed by atoms with Crippen LogP contribution < -0.4 is 31.1 Å². The minimum absolute atomic E-state index is 0.0656. The van der Waals surface area contributed by atoms with Gasteiger partial charge in [-0.1, -0.05) is 103 Å². The Balaban J connectivity index is 0.000000168. The Morgan fingerprint density at radius 1 is 0.597 bits per heavy atom. The summed E-state index contributed by atoms with van der Waals surface area (Å²) in [6.45, 7) is 8.42. The van der Waals surface area contributed by atoms with E-state index in [1.54, 1.807) is 97.2 Å². The highest BCUT2D eigenvalue weighted by molar-refractivity contribution is 6.33. The number of amides is 1. The van der Waals surface area contributed by atoms with Crippen molar-refractivity contribution >= 4 is 62.4 Å². The van der Waals surface area contributed by atoms with Crippen molar-refractivity contribution in [2.45, 2.75) is 46.3 Å². The third-order valence-corrected chi connectivity index (χ3v) is 11.4. The molecule has 0 spiro atoms. The number of esters is 2. The van der Waals surface area contributed by atoms with Crippen LogP contribution in [0.1, 0.15) is 34.6 Å². The molecule has 6 aromatic carbocycles. The van der Waals surface area contributed by atoms with Crippen LogP contribution in [0.5, 0.6) is 17.2 Å². The summed E-state index contributed by atoms with van der Waals surface area (Å²) in [5.41, 5.74) is 3.11. The molecular formula is C60H53ClFNO14. The number of rotatable bonds is 13. The lowest BCUT2D eigenvalue weighted by Gasteiger charge is -2.19. The van der Waals surface area contributed by atoms with Gasteiger partial charge in [-0.15, -0.1) is 0 Å². The van der Waals surface area contributed by atoms with Gasteiger partial charge in [0.15, 0.2) is 19.3 Å². The summed E-state index contributed by atoms with van der Waals surface area (Å²) in [5.74, 6) is -1.02. The van der Waals surface area contributed by atoms with Gasteiger partial charge < -0.3 is 41.8 Å². The SMILES string of the molecule is CC(C)(C)OC(=O)COc1cc2oc(=O)cc(-c3ccccc3)c2cc1Cl.CC(Oc1cc(F)c2c(-c3ccccc3)cc(=O)oc2c1)C(=O)N(C)C.CCOC(=O)COc1ccc2c(-c3ccccc3)cc(=O)oc2c1. The van der Waals surface area contributed by atoms with Gasteiger partial charge in [-0.3, -0.25) is 4.79 Å². The van der Waals surface area contributed by atoms with Crippen LogP contribution in [0.2, 0.25) is 5.02 Å². The second-order valence-corrected chi connectivity index (χ2v) is 18.6. The number of fused-ring (bicyclic) bond motifs is 3. The van der Waals surface area contributed by atoms with Gasteiger partial charge in [-0.2, -0.15) is 0 Å². The van der Waals surface area contributed by atoms with Crippen molar-refractivity contribution in [3.05, 3.63) is 194 Å². The van der Waals surface area contributed by atoms with Crippen LogP contribution in [0.15, 0.2) is 179 Å². The maximum atomic E-state index is 14.8. The Bertz CT molecular complexity index is 3740. The Kier molecular flexibility index (Phi) is 18.1. The minimum Gasteiger partial charge on any atom is -0.482 e. The molecule has 9 aromatic rings. The van der Waals surface area contributed by atoms with Crippen LogP contribution in [0.25, 0.3) is 66.3 Å². The number of benzene rings is 6. The van der Waals surface area contributed by atoms with E-state index in [1.165, 1.54) is 41.3 Å². The molecule has 0 aliphatic carbocycles. The highest BCUT2D eigenvalue weighted by atomic mass is 35.5. The van der Waals surface area contributed by atoms with E-state index in [0.29, 0.717) is 50.6 Å². The molecule has 0 aliphatic heterocycles. The zero-order valence-corrected chi connectivity index (χ0v) is 43.8. The smallest absolute Gasteiger partial charge is 0.344 e. The normalized spacial score (nSPS) is 11.3. The minimum atomic E-state index is -0.800. The number of likely N-dealkylation sites (N-methyl/N-ethyl adjacent to an activating group) is 1. The molecular weight excluding hydrogens is 1010 g/mol. The molecule has 77 heavy (non-hydrogen) atoms. The van der Waals surface area contributed by atoms with Crippen molar-refractivity contribution in [1.29, 1.82) is 0 Å². The van der Waals surface area contributed by atoms with Crippen molar-refractivity contribution in [2.75, 3.05) is 33.9 Å². The summed E-state index contributed by atoms with van der Waals surface area (Å²) < 4.78 is 56.9. The first-order valence-corrected chi connectivity index (χ1v) is 24.4. The van der Waals surface area contributed by atoms with E-state index < -0.39 is 46.3 Å². The van der Waals surface area contributed by atoms with Gasteiger partial charge in [0, 0.05) is 72.9 Å². The molecule has 0 bridgehead atoms. The number of carbonyl (C=O) groups excluding carboxylic acids is 3. The van der Waals surface area contributed by atoms with Crippen molar-refractivity contribution in [3.8, 4) is 50.6 Å². The Hall–Kier alpha value is -9.02. The molecule has 0 radical (unpaired) electrons. The summed E-state index contributed by atoms with van der Waals surface area (Å²) in [5, 5.41) is 1.96. The van der Waals surface area contributed by atoms with Crippen LogP contribution in [0, 0.1) is 5.82 Å². The molecule has 1 amide bonds. The first kappa shape index (κ1) is 55.7. The van der Waals surface area contributed by atoms with Crippen molar-refractivity contribution in [3.63, 3.8) is 0 Å². The first-order chi connectivity index (χ1) is 36.8. The van der Waals surface area contributed by atoms with Crippen LogP contribution in [-0.4, -0.2) is 68.4 Å². The van der Waals surface area contributed by atoms with Gasteiger partial charge in [0.05, 0.1) is 17.0 Å². The fourth-order valence-corrected chi connectivity index (χ4v) is 8.05. The van der Waals surface area contributed by atoms with Crippen molar-refractivity contribution in [1.82, 2.24) is 4.90 Å². The number of hydrogen-bond acceptors (Lipinski definition) is 14. The van der Waals surface area contributed by atoms with E-state index >= 15 is 0 Å². The standard InChI is InChI=1S/C21H19ClO5.C20H18FNO4.C19H16O5/c1-21(2,3)27-20(24)12-25-18-11-17-15(9-16(18)22)14(10-19(23)26-17)13-7-5-4-6-8-13;1-12(20(24)22(2)3)25-14-9-16(21)19-15(13-7-5-4-6-8-13)11-18(23)26-17(19)10-14;1-2-22-19(21)12-23-14-8-9-15-16(13-6-4-3-5-7-13)11-18(20)24-17(15)10-14/h4-11H,12H2,1-3H3;4-12H,1-3H3;3-11H,2,12H2,1H3. The molecule has 3 heterocycles. The van der Waals surface area contributed by atoms with E-state index in [-0.39, 0.29) is 41.6 Å². The molecule has 3 aromatic heterocycles. The highest BCUT2D eigenvalue weighted by Crippen LogP contribution is 2.36. The topological polar surface area (TPSA) is 191 Å². The van der Waals surface area contributed by atoms with Crippen molar-refractivity contribution < 1.29 is 55.7 Å². The average Bonchev–Trinajstić information content (AvgIpc) is 3.40. The van der Waals surface area contributed by atoms with E-state index in [4.69, 9.17) is 48.5 Å². The van der Waals surface area contributed by atoms with Crippen LogP contribution in [0.4, 0.5) is 4.39 Å². The van der Waals surface area contributed by atoms with E-state index in [0.717, 1.165) is 22.1 Å². The fraction of sp³-hybridized carbons (Fsp3) is 0.200. The summed E-state index contributed by atoms with van der Waals surface area (Å²) >= 11 is 6.32. The van der Waals surface area contributed by atoms with E-state index in [1.807, 2.05) is 66.7 Å². The van der Waals surface area contributed by atoms with Crippen LogP contribution >= 0.6 is 11.6 Å². The van der Waals surface area contributed by atoms with E-state index in [2.05, 4.69) is 0 Å². The molecule has 0 fully saturated rings. The quantitative estimate of drug-likeness (QED) is 0.0782. The predicted octanol–water partition coefficient (Wildman–Crippen LogP) is 11.7. The molecule has 1 unspecified atom stereocenters. The third-order valence-electron chi connectivity index (χ3n) is 11.1. The molecule has 0 aliphatic rings. The Morgan fingerprint density at radius 2 is 1.09 bits per heavy atom. The largest absolute Gasteiger partial charge is 0.482 e. The third kappa shape index (κ3) is 14.9. The number of halogens is 2. The molecule has 0 saturated carbocycles. The Labute approximate surface area is 445 Å². The summed E-state index contributed by atoms with van der Waals surface area (Å²) in [7, 11) is 3.21. The maximum Gasteiger partial charge on any atom is 0.344 e. The number of carbonyl (C=O) groups is 3. The van der Waals surface area contributed by atoms with Gasteiger partial charge in [-0.05, 0) is 80.6 Å². The second kappa shape index (κ2) is 25.0. The molecule has 0 saturated heterocycles. The van der Waals surface area contributed by atoms with Gasteiger partial charge in [0.25, 0.3) is 5.91 Å². The second-order valence-electron chi connectivity index (χ2n) is 18.2. The number of nitrogens with zero attached hydrogens (tertiary/aromatic N) is 1. The molecule has 17 heteroatoms. The van der Waals surface area contributed by atoms with Gasteiger partial charge >= 0.3 is 28.8 Å². The van der Waals surface area contributed by atoms with Gasteiger partial charge in [-0.25, -0.2) is 28.4 Å². The summed E-state index contributed by atoms with van der Waals surface area (Å²) in [6, 6.07) is 43.2. The lowest BCUT2D eigenvalue weighted by molar-refractivity contribution is -0.157. The molecule has 1 atom stereocenters. The lowest BCUT2D eigenvalue weighted by atomic mass is 10.0. The van der Waals surface area contributed by atoms with Crippen LogP contribution in [0.3, 0.4) is 0 Å². The highest BCUT2D eigenvalue weighted by Gasteiger charge is 2.21. The van der Waals surface area contributed by atoms with Crippen LogP contribution in [-0.2, 0) is 23.9 Å². The van der Waals surface area contributed by atoms with Gasteiger partial charge in [0.2, 0.25) is 0 Å². The number of ether oxygens (including phenoxy) is 5. The monoisotopic (exact) mass is 1070 g/mol. The predicted molar refractivity (Wildman–Crippen MR) is 291 cm³/mol. The van der Waals surface area contributed by atoms with Gasteiger partial charge in [0.1, 0.15) is 45.4 Å². The number of hydrogen-bond donors (Lipinski definition) is 0.